The summed E-state index contributed by atoms with van der Waals surface area (Å²) in [5.41, 5.74) is 0. The van der Waals surface area contributed by atoms with E-state index in [0.29, 0.717) is 6.04 Å². The Morgan fingerprint density at radius 3 is 2.46 bits per heavy atom. The van der Waals surface area contributed by atoms with Crippen molar-refractivity contribution in [1.29, 1.82) is 0 Å². The number of hydrogen-bond acceptors (Lipinski definition) is 3. The number of hydrogen-bond donors (Lipinski definition) is 1. The lowest BCUT2D eigenvalue weighted by atomic mass is 9.91. The van der Waals surface area contributed by atoms with E-state index in [1.165, 1.54) is 19.3 Å². The molecule has 1 aliphatic heterocycles. The van der Waals surface area contributed by atoms with Crippen LogP contribution in [-0.4, -0.2) is 48.5 Å². The largest absolute Gasteiger partial charge is 0.391 e. The van der Waals surface area contributed by atoms with Crippen LogP contribution in [0, 0.1) is 0 Å². The first kappa shape index (κ1) is 9.44. The van der Waals surface area contributed by atoms with Crippen LogP contribution in [0.2, 0.25) is 0 Å². The molecule has 13 heavy (non-hydrogen) atoms. The quantitative estimate of drug-likeness (QED) is 0.650. The smallest absolute Gasteiger partial charge is 0.0695 e. The van der Waals surface area contributed by atoms with E-state index in [-0.39, 0.29) is 6.10 Å². The number of aliphatic hydroxyl groups is 1. The SMILES string of the molecule is O[C@@H]1CCCC[C@@H]1N1CCOCC1. The predicted octanol–water partition coefficient (Wildman–Crippen LogP) is 0.622. The maximum Gasteiger partial charge on any atom is 0.0695 e. The Labute approximate surface area is 79.7 Å². The van der Waals surface area contributed by atoms with E-state index in [1.807, 2.05) is 0 Å². The van der Waals surface area contributed by atoms with Crippen LogP contribution in [0.3, 0.4) is 0 Å². The molecule has 1 saturated carbocycles. The Kier molecular flexibility index (Phi) is 3.19. The fraction of sp³-hybridized carbons (Fsp3) is 1.00. The molecule has 2 atom stereocenters. The molecule has 76 valence electrons. The molecule has 0 unspecified atom stereocenters. The van der Waals surface area contributed by atoms with Crippen LogP contribution in [-0.2, 0) is 4.74 Å². The Morgan fingerprint density at radius 2 is 1.77 bits per heavy atom. The highest BCUT2D eigenvalue weighted by Crippen LogP contribution is 2.23. The average Bonchev–Trinajstić information content (AvgIpc) is 2.20. The number of aliphatic hydroxyl groups excluding tert-OH is 1. The summed E-state index contributed by atoms with van der Waals surface area (Å²) in [4.78, 5) is 2.40. The predicted molar refractivity (Wildman–Crippen MR) is 50.7 cm³/mol. The van der Waals surface area contributed by atoms with Crippen LogP contribution in [0.25, 0.3) is 0 Å². The second kappa shape index (κ2) is 4.40. The van der Waals surface area contributed by atoms with Crippen LogP contribution >= 0.6 is 0 Å². The molecule has 1 heterocycles. The van der Waals surface area contributed by atoms with Crippen LogP contribution in [0.5, 0.6) is 0 Å². The summed E-state index contributed by atoms with van der Waals surface area (Å²) in [6.45, 7) is 3.68. The molecule has 0 radical (unpaired) electrons. The monoisotopic (exact) mass is 185 g/mol. The van der Waals surface area contributed by atoms with Crippen LogP contribution in [0.15, 0.2) is 0 Å². The molecule has 1 N–H and O–H groups in total. The topological polar surface area (TPSA) is 32.7 Å². The first-order valence-corrected chi connectivity index (χ1v) is 5.38. The van der Waals surface area contributed by atoms with Crippen molar-refractivity contribution in [2.75, 3.05) is 26.3 Å². The van der Waals surface area contributed by atoms with Crippen LogP contribution in [0.4, 0.5) is 0 Å². The van der Waals surface area contributed by atoms with E-state index in [0.717, 1.165) is 32.7 Å². The highest BCUT2D eigenvalue weighted by Gasteiger charge is 2.29. The average molecular weight is 185 g/mol. The molecule has 3 nitrogen and oxygen atoms in total. The molecule has 2 aliphatic rings. The van der Waals surface area contributed by atoms with E-state index in [9.17, 15) is 5.11 Å². The van der Waals surface area contributed by atoms with Crippen molar-refractivity contribution in [2.45, 2.75) is 37.8 Å². The van der Waals surface area contributed by atoms with Gasteiger partial charge in [0.25, 0.3) is 0 Å². The van der Waals surface area contributed by atoms with Crippen molar-refractivity contribution >= 4 is 0 Å². The van der Waals surface area contributed by atoms with E-state index < -0.39 is 0 Å². The molecular weight excluding hydrogens is 166 g/mol. The van der Waals surface area contributed by atoms with Gasteiger partial charge in [-0.3, -0.25) is 4.90 Å². The zero-order valence-corrected chi connectivity index (χ0v) is 8.11. The summed E-state index contributed by atoms with van der Waals surface area (Å²) >= 11 is 0. The summed E-state index contributed by atoms with van der Waals surface area (Å²) in [5.74, 6) is 0. The molecule has 2 rings (SSSR count). The minimum atomic E-state index is -0.0909. The van der Waals surface area contributed by atoms with Gasteiger partial charge in [-0.05, 0) is 12.8 Å². The van der Waals surface area contributed by atoms with E-state index in [2.05, 4.69) is 4.90 Å². The van der Waals surface area contributed by atoms with Gasteiger partial charge in [-0.15, -0.1) is 0 Å². The Bertz CT molecular complexity index is 157. The van der Waals surface area contributed by atoms with Gasteiger partial charge < -0.3 is 9.84 Å². The van der Waals surface area contributed by atoms with E-state index in [4.69, 9.17) is 4.74 Å². The Balaban J connectivity index is 1.88. The van der Waals surface area contributed by atoms with Gasteiger partial charge >= 0.3 is 0 Å². The minimum Gasteiger partial charge on any atom is -0.391 e. The molecule has 0 bridgehead atoms. The molecule has 1 aliphatic carbocycles. The Morgan fingerprint density at radius 1 is 1.08 bits per heavy atom. The van der Waals surface area contributed by atoms with Crippen molar-refractivity contribution in [3.8, 4) is 0 Å². The molecule has 0 aromatic carbocycles. The number of ether oxygens (including phenoxy) is 1. The second-order valence-electron chi connectivity index (χ2n) is 4.07. The molecule has 0 spiro atoms. The van der Waals surface area contributed by atoms with Gasteiger partial charge in [0.2, 0.25) is 0 Å². The molecule has 1 saturated heterocycles. The summed E-state index contributed by atoms with van der Waals surface area (Å²) in [6, 6.07) is 0.414. The van der Waals surface area contributed by atoms with Gasteiger partial charge in [0.1, 0.15) is 0 Å². The molecule has 3 heteroatoms. The number of morpholine rings is 1. The summed E-state index contributed by atoms with van der Waals surface area (Å²) < 4.78 is 5.30. The van der Waals surface area contributed by atoms with Gasteiger partial charge in [0, 0.05) is 19.1 Å². The van der Waals surface area contributed by atoms with Gasteiger partial charge in [-0.25, -0.2) is 0 Å². The molecule has 0 amide bonds. The van der Waals surface area contributed by atoms with E-state index in [1.54, 1.807) is 0 Å². The van der Waals surface area contributed by atoms with Crippen molar-refractivity contribution < 1.29 is 9.84 Å². The lowest BCUT2D eigenvalue weighted by molar-refractivity contribution is -0.0357. The minimum absolute atomic E-state index is 0.0909. The molecule has 2 fully saturated rings. The summed E-state index contributed by atoms with van der Waals surface area (Å²) in [5, 5.41) is 9.84. The van der Waals surface area contributed by atoms with Gasteiger partial charge in [-0.2, -0.15) is 0 Å². The zero-order chi connectivity index (χ0) is 9.10. The van der Waals surface area contributed by atoms with Crippen molar-refractivity contribution in [1.82, 2.24) is 4.90 Å². The first-order valence-electron chi connectivity index (χ1n) is 5.38. The van der Waals surface area contributed by atoms with Crippen molar-refractivity contribution in [3.05, 3.63) is 0 Å². The van der Waals surface area contributed by atoms with Crippen LogP contribution < -0.4 is 0 Å². The number of nitrogens with zero attached hydrogens (tertiary/aromatic N) is 1. The normalized spacial score (nSPS) is 37.6. The second-order valence-corrected chi connectivity index (χ2v) is 4.07. The fourth-order valence-electron chi connectivity index (χ4n) is 2.43. The third-order valence-electron chi connectivity index (χ3n) is 3.21. The fourth-order valence-corrected chi connectivity index (χ4v) is 2.43. The Hall–Kier alpha value is -0.120. The highest BCUT2D eigenvalue weighted by atomic mass is 16.5. The summed E-state index contributed by atoms with van der Waals surface area (Å²) in [6.07, 6.45) is 4.54. The van der Waals surface area contributed by atoms with Crippen molar-refractivity contribution in [3.63, 3.8) is 0 Å². The third-order valence-corrected chi connectivity index (χ3v) is 3.21. The van der Waals surface area contributed by atoms with Gasteiger partial charge in [0.05, 0.1) is 19.3 Å². The zero-order valence-electron chi connectivity index (χ0n) is 8.11. The number of rotatable bonds is 1. The van der Waals surface area contributed by atoms with Crippen LogP contribution in [0.1, 0.15) is 25.7 Å². The third kappa shape index (κ3) is 2.22. The maximum absolute atomic E-state index is 9.84. The van der Waals surface area contributed by atoms with Gasteiger partial charge in [-0.1, -0.05) is 12.8 Å². The lowest BCUT2D eigenvalue weighted by Gasteiger charge is -2.39. The highest BCUT2D eigenvalue weighted by molar-refractivity contribution is 4.83. The van der Waals surface area contributed by atoms with Gasteiger partial charge in [0.15, 0.2) is 0 Å². The maximum atomic E-state index is 9.84. The first-order chi connectivity index (χ1) is 6.38. The molecular formula is C10H19NO2. The molecule has 0 aromatic rings. The van der Waals surface area contributed by atoms with Crippen molar-refractivity contribution in [2.24, 2.45) is 0 Å². The lowest BCUT2D eigenvalue weighted by Crippen LogP contribution is -2.50. The summed E-state index contributed by atoms with van der Waals surface area (Å²) in [7, 11) is 0. The standard InChI is InChI=1S/C10H19NO2/c12-10-4-2-1-3-9(10)11-5-7-13-8-6-11/h9-10,12H,1-8H2/t9-,10+/m0/s1. The van der Waals surface area contributed by atoms with E-state index >= 15 is 0 Å². The molecule has 0 aromatic heterocycles.